The Kier molecular flexibility index (Phi) is 3.20. The molecule has 0 spiro atoms. The number of nitrogens with zero attached hydrogens (tertiary/aromatic N) is 2. The van der Waals surface area contributed by atoms with Crippen LogP contribution in [0.25, 0.3) is 0 Å². The van der Waals surface area contributed by atoms with Crippen molar-refractivity contribution in [2.75, 3.05) is 7.11 Å². The van der Waals surface area contributed by atoms with Gasteiger partial charge < -0.3 is 14.6 Å². The topological polar surface area (TPSA) is 56.1 Å². The first-order valence-corrected chi connectivity index (χ1v) is 6.99. The van der Waals surface area contributed by atoms with Gasteiger partial charge >= 0.3 is 0 Å². The van der Waals surface area contributed by atoms with Crippen LogP contribution in [-0.4, -0.2) is 22.6 Å². The van der Waals surface area contributed by atoms with E-state index >= 15 is 0 Å². The molecule has 0 bridgehead atoms. The highest BCUT2D eigenvalue weighted by molar-refractivity contribution is 5.84. The molecule has 21 heavy (non-hydrogen) atoms. The van der Waals surface area contributed by atoms with Crippen LogP contribution in [0.15, 0.2) is 30.5 Å². The molecule has 1 amide bonds. The molecule has 0 saturated heterocycles. The zero-order chi connectivity index (χ0) is 15.0. The summed E-state index contributed by atoms with van der Waals surface area (Å²) in [4.78, 5) is 16.6. The third kappa shape index (κ3) is 2.39. The fraction of sp³-hybridized carbons (Fsp3) is 0.375. The molecular weight excluding hydrogens is 266 g/mol. The third-order valence-electron chi connectivity index (χ3n) is 3.94. The minimum atomic E-state index is -0.585. The van der Waals surface area contributed by atoms with Gasteiger partial charge in [-0.25, -0.2) is 4.98 Å². The molecule has 1 aromatic carbocycles. The van der Waals surface area contributed by atoms with Crippen molar-refractivity contribution in [3.63, 3.8) is 0 Å². The summed E-state index contributed by atoms with van der Waals surface area (Å²) in [5, 5.41) is 2.88. The second-order valence-corrected chi connectivity index (χ2v) is 5.79. The van der Waals surface area contributed by atoms with Crippen molar-refractivity contribution in [2.45, 2.75) is 32.4 Å². The Morgan fingerprint density at radius 2 is 2.05 bits per heavy atom. The molecule has 0 radical (unpaired) electrons. The number of ether oxygens (including phenoxy) is 1. The van der Waals surface area contributed by atoms with Crippen molar-refractivity contribution in [3.05, 3.63) is 47.5 Å². The average Bonchev–Trinajstić information content (AvgIpc) is 2.88. The van der Waals surface area contributed by atoms with Crippen LogP contribution in [0.4, 0.5) is 0 Å². The SMILES string of the molecule is COc1ccc(Cc2cn3c(n2)CNC(=O)C3(C)C)cc1. The van der Waals surface area contributed by atoms with E-state index in [4.69, 9.17) is 4.74 Å². The molecule has 0 aliphatic carbocycles. The Morgan fingerprint density at radius 3 is 2.71 bits per heavy atom. The van der Waals surface area contributed by atoms with E-state index in [0.29, 0.717) is 6.54 Å². The third-order valence-corrected chi connectivity index (χ3v) is 3.94. The van der Waals surface area contributed by atoms with Gasteiger partial charge in [-0.05, 0) is 31.5 Å². The quantitative estimate of drug-likeness (QED) is 0.936. The van der Waals surface area contributed by atoms with E-state index in [9.17, 15) is 4.79 Å². The number of carbonyl (C=O) groups is 1. The van der Waals surface area contributed by atoms with Gasteiger partial charge in [0.2, 0.25) is 5.91 Å². The smallest absolute Gasteiger partial charge is 0.246 e. The van der Waals surface area contributed by atoms with Crippen LogP contribution in [0.3, 0.4) is 0 Å². The maximum absolute atomic E-state index is 11.9. The zero-order valence-corrected chi connectivity index (χ0v) is 12.5. The lowest BCUT2D eigenvalue weighted by atomic mass is 10.0. The highest BCUT2D eigenvalue weighted by Crippen LogP contribution is 2.24. The number of aromatic nitrogens is 2. The van der Waals surface area contributed by atoms with E-state index in [0.717, 1.165) is 23.7 Å². The molecule has 0 unspecified atom stereocenters. The molecule has 0 saturated carbocycles. The van der Waals surface area contributed by atoms with Crippen molar-refractivity contribution in [3.8, 4) is 5.75 Å². The molecule has 0 atom stereocenters. The Morgan fingerprint density at radius 1 is 1.33 bits per heavy atom. The fourth-order valence-electron chi connectivity index (χ4n) is 2.60. The predicted octanol–water partition coefficient (Wildman–Crippen LogP) is 1.85. The largest absolute Gasteiger partial charge is 0.497 e. The second-order valence-electron chi connectivity index (χ2n) is 5.79. The normalized spacial score (nSPS) is 16.2. The maximum Gasteiger partial charge on any atom is 0.246 e. The number of methoxy groups -OCH3 is 1. The number of hydrogen-bond donors (Lipinski definition) is 1. The number of fused-ring (bicyclic) bond motifs is 1. The van der Waals surface area contributed by atoms with E-state index in [1.807, 2.05) is 48.9 Å². The predicted molar refractivity (Wildman–Crippen MR) is 79.2 cm³/mol. The number of carbonyl (C=O) groups excluding carboxylic acids is 1. The molecule has 2 aromatic rings. The van der Waals surface area contributed by atoms with Gasteiger partial charge in [-0.3, -0.25) is 4.79 Å². The minimum Gasteiger partial charge on any atom is -0.497 e. The van der Waals surface area contributed by atoms with Gasteiger partial charge in [0, 0.05) is 12.6 Å². The minimum absolute atomic E-state index is 0.0309. The Bertz CT molecular complexity index is 671. The lowest BCUT2D eigenvalue weighted by Crippen LogP contribution is -2.49. The first-order chi connectivity index (χ1) is 10.0. The van der Waals surface area contributed by atoms with Crippen molar-refractivity contribution >= 4 is 5.91 Å². The van der Waals surface area contributed by atoms with Gasteiger partial charge in [0.1, 0.15) is 17.1 Å². The van der Waals surface area contributed by atoms with Crippen LogP contribution in [0.5, 0.6) is 5.75 Å². The van der Waals surface area contributed by atoms with Gasteiger partial charge in [0.05, 0.1) is 19.3 Å². The molecule has 1 aromatic heterocycles. The standard InChI is InChI=1S/C16H19N3O2/c1-16(2)15(20)17-9-14-18-12(10-19(14)16)8-11-4-6-13(21-3)7-5-11/h4-7,10H,8-9H2,1-3H3,(H,17,20). The maximum atomic E-state index is 11.9. The summed E-state index contributed by atoms with van der Waals surface area (Å²) in [5.41, 5.74) is 1.56. The van der Waals surface area contributed by atoms with Crippen LogP contribution in [0.2, 0.25) is 0 Å². The first kappa shape index (κ1) is 13.7. The van der Waals surface area contributed by atoms with Crippen molar-refractivity contribution in [2.24, 2.45) is 0 Å². The Hall–Kier alpha value is -2.30. The van der Waals surface area contributed by atoms with Gasteiger partial charge in [-0.15, -0.1) is 0 Å². The van der Waals surface area contributed by atoms with E-state index in [1.54, 1.807) is 7.11 Å². The molecule has 1 aliphatic rings. The number of rotatable bonds is 3. The van der Waals surface area contributed by atoms with E-state index in [1.165, 1.54) is 5.56 Å². The molecule has 2 heterocycles. The Balaban J connectivity index is 1.86. The van der Waals surface area contributed by atoms with Crippen LogP contribution in [0, 0.1) is 0 Å². The number of benzene rings is 1. The molecule has 5 heteroatoms. The summed E-state index contributed by atoms with van der Waals surface area (Å²) >= 11 is 0. The number of hydrogen-bond acceptors (Lipinski definition) is 3. The summed E-state index contributed by atoms with van der Waals surface area (Å²) in [7, 11) is 1.66. The highest BCUT2D eigenvalue weighted by atomic mass is 16.5. The monoisotopic (exact) mass is 285 g/mol. The van der Waals surface area contributed by atoms with Crippen molar-refractivity contribution in [1.29, 1.82) is 0 Å². The van der Waals surface area contributed by atoms with E-state index in [-0.39, 0.29) is 5.91 Å². The van der Waals surface area contributed by atoms with Crippen LogP contribution >= 0.6 is 0 Å². The van der Waals surface area contributed by atoms with Crippen LogP contribution in [-0.2, 0) is 23.3 Å². The van der Waals surface area contributed by atoms with Crippen molar-refractivity contribution < 1.29 is 9.53 Å². The Labute approximate surface area is 124 Å². The van der Waals surface area contributed by atoms with Gasteiger partial charge in [0.25, 0.3) is 0 Å². The molecule has 110 valence electrons. The fourth-order valence-corrected chi connectivity index (χ4v) is 2.60. The molecule has 1 N–H and O–H groups in total. The van der Waals surface area contributed by atoms with Crippen LogP contribution in [0.1, 0.15) is 30.9 Å². The van der Waals surface area contributed by atoms with Crippen molar-refractivity contribution in [1.82, 2.24) is 14.9 Å². The average molecular weight is 285 g/mol. The lowest BCUT2D eigenvalue weighted by Gasteiger charge is -2.31. The summed E-state index contributed by atoms with van der Waals surface area (Å²) in [5.74, 6) is 1.78. The highest BCUT2D eigenvalue weighted by Gasteiger charge is 2.35. The molecule has 3 rings (SSSR count). The van der Waals surface area contributed by atoms with Crippen LogP contribution < -0.4 is 10.1 Å². The van der Waals surface area contributed by atoms with Gasteiger partial charge in [0.15, 0.2) is 0 Å². The molecule has 5 nitrogen and oxygen atoms in total. The second kappa shape index (κ2) is 4.91. The van der Waals surface area contributed by atoms with Gasteiger partial charge in [-0.2, -0.15) is 0 Å². The zero-order valence-electron chi connectivity index (χ0n) is 12.5. The lowest BCUT2D eigenvalue weighted by molar-refractivity contribution is -0.130. The summed E-state index contributed by atoms with van der Waals surface area (Å²) in [6.45, 7) is 4.30. The first-order valence-electron chi connectivity index (χ1n) is 6.99. The number of amides is 1. The summed E-state index contributed by atoms with van der Waals surface area (Å²) in [6, 6.07) is 7.96. The number of imidazole rings is 1. The summed E-state index contributed by atoms with van der Waals surface area (Å²) in [6.07, 6.45) is 2.73. The van der Waals surface area contributed by atoms with E-state index < -0.39 is 5.54 Å². The van der Waals surface area contributed by atoms with Gasteiger partial charge in [-0.1, -0.05) is 12.1 Å². The summed E-state index contributed by atoms with van der Waals surface area (Å²) < 4.78 is 7.14. The number of nitrogens with one attached hydrogen (secondary N) is 1. The molecular formula is C16H19N3O2. The van der Waals surface area contributed by atoms with E-state index in [2.05, 4.69) is 10.3 Å². The molecule has 0 fully saturated rings. The molecule has 1 aliphatic heterocycles.